The minimum absolute atomic E-state index is 0.143. The molecule has 5 aromatic heterocycles. The maximum Gasteiger partial charge on any atom is 0.233 e. The van der Waals surface area contributed by atoms with E-state index in [1.54, 1.807) is 0 Å². The molecule has 0 amide bonds. The van der Waals surface area contributed by atoms with Gasteiger partial charge in [-0.05, 0) is 59.8 Å². The third kappa shape index (κ3) is 2.76. The summed E-state index contributed by atoms with van der Waals surface area (Å²) >= 11 is 0. The third-order valence-corrected chi connectivity index (χ3v) is 12.5. The van der Waals surface area contributed by atoms with Crippen molar-refractivity contribution in [1.82, 2.24) is 9.38 Å². The SMILES string of the molecule is CC[n+]1ccc2ccccc2c1-c1cccc2c1-p1c3c(ccc4c3c3c(ccc[n+]31)c1nc3ccccc3n41)C2(C)C. The first-order valence-electron chi connectivity index (χ1n) is 15.1. The second-order valence-electron chi connectivity index (χ2n) is 12.4. The Morgan fingerprint density at radius 3 is 2.51 bits per heavy atom. The molecule has 1 atom stereocenters. The van der Waals surface area contributed by atoms with E-state index in [4.69, 9.17) is 4.98 Å². The molecular weight excluding hydrogens is 543 g/mol. The Bertz CT molecular complexity index is 2640. The average molecular weight is 573 g/mol. The van der Waals surface area contributed by atoms with Crippen molar-refractivity contribution in [3.05, 3.63) is 121 Å². The van der Waals surface area contributed by atoms with E-state index in [1.165, 1.54) is 70.9 Å². The maximum atomic E-state index is 5.20. The van der Waals surface area contributed by atoms with Crippen molar-refractivity contribution in [1.29, 1.82) is 0 Å². The molecule has 43 heavy (non-hydrogen) atoms. The number of rotatable bonds is 2. The van der Waals surface area contributed by atoms with Gasteiger partial charge in [0.2, 0.25) is 11.2 Å². The zero-order chi connectivity index (χ0) is 28.6. The Labute approximate surface area is 249 Å². The molecule has 6 heterocycles. The van der Waals surface area contributed by atoms with Gasteiger partial charge in [0.1, 0.15) is 6.54 Å². The van der Waals surface area contributed by atoms with Crippen molar-refractivity contribution in [3.8, 4) is 16.6 Å². The van der Waals surface area contributed by atoms with Gasteiger partial charge in [-0.2, -0.15) is 8.73 Å². The van der Waals surface area contributed by atoms with E-state index in [-0.39, 0.29) is 5.41 Å². The lowest BCUT2D eigenvalue weighted by molar-refractivity contribution is -0.681. The van der Waals surface area contributed by atoms with E-state index in [0.717, 1.165) is 17.7 Å². The molecule has 204 valence electrons. The second-order valence-corrected chi connectivity index (χ2v) is 14.4. The molecule has 5 heteroatoms. The molecule has 0 bridgehead atoms. The van der Waals surface area contributed by atoms with Crippen molar-refractivity contribution in [2.75, 3.05) is 0 Å². The smallest absolute Gasteiger partial charge is 0.233 e. The number of para-hydroxylation sites is 2. The van der Waals surface area contributed by atoms with Crippen LogP contribution in [0.2, 0.25) is 0 Å². The topological polar surface area (TPSA) is 25.3 Å². The quantitative estimate of drug-likeness (QED) is 0.150. The summed E-state index contributed by atoms with van der Waals surface area (Å²) in [5, 5.41) is 8.20. The highest BCUT2D eigenvalue weighted by molar-refractivity contribution is 7.57. The molecular formula is C38H29N4P+2. The fraction of sp³-hybridized carbons (Fsp3) is 0.132. The van der Waals surface area contributed by atoms with Crippen molar-refractivity contribution >= 4 is 62.1 Å². The van der Waals surface area contributed by atoms with Crippen LogP contribution in [0.5, 0.6) is 0 Å². The lowest BCUT2D eigenvalue weighted by Gasteiger charge is -2.32. The molecule has 0 radical (unpaired) electrons. The van der Waals surface area contributed by atoms with Crippen LogP contribution in [0.25, 0.3) is 70.9 Å². The Morgan fingerprint density at radius 1 is 0.767 bits per heavy atom. The number of aromatic nitrogens is 4. The van der Waals surface area contributed by atoms with Gasteiger partial charge in [0.15, 0.2) is 25.7 Å². The van der Waals surface area contributed by atoms with Crippen molar-refractivity contribution in [2.24, 2.45) is 0 Å². The Kier molecular flexibility index (Phi) is 4.40. The molecule has 1 aliphatic rings. The van der Waals surface area contributed by atoms with E-state index in [2.05, 4.69) is 143 Å². The van der Waals surface area contributed by atoms with Crippen molar-refractivity contribution < 1.29 is 8.73 Å². The summed E-state index contributed by atoms with van der Waals surface area (Å²) in [5.74, 6) is 0. The molecule has 0 aliphatic carbocycles. The normalized spacial score (nSPS) is 14.6. The predicted molar refractivity (Wildman–Crippen MR) is 177 cm³/mol. The fourth-order valence-electron chi connectivity index (χ4n) is 8.03. The van der Waals surface area contributed by atoms with Gasteiger partial charge in [-0.3, -0.25) is 4.40 Å². The highest BCUT2D eigenvalue weighted by atomic mass is 31.1. The summed E-state index contributed by atoms with van der Waals surface area (Å²) in [6.07, 6.45) is 4.59. The molecule has 0 spiro atoms. The largest absolute Gasteiger partial charge is 0.291 e. The molecule has 0 saturated carbocycles. The zero-order valence-corrected chi connectivity index (χ0v) is 25.2. The number of pyridine rings is 3. The van der Waals surface area contributed by atoms with Crippen LogP contribution >= 0.6 is 7.69 Å². The molecule has 10 rings (SSSR count). The first-order valence-corrected chi connectivity index (χ1v) is 16.4. The Morgan fingerprint density at radius 2 is 1.60 bits per heavy atom. The number of aryl methyl sites for hydroxylation is 1. The van der Waals surface area contributed by atoms with Crippen molar-refractivity contribution in [3.63, 3.8) is 0 Å². The molecule has 4 nitrogen and oxygen atoms in total. The number of imidazole rings is 1. The predicted octanol–water partition coefficient (Wildman–Crippen LogP) is 8.71. The lowest BCUT2D eigenvalue weighted by Crippen LogP contribution is -2.35. The summed E-state index contributed by atoms with van der Waals surface area (Å²) < 4.78 is 7.45. The second kappa shape index (κ2) is 7.98. The lowest BCUT2D eigenvalue weighted by atomic mass is 9.76. The number of nitrogens with zero attached hydrogens (tertiary/aromatic N) is 4. The number of hydrogen-bond donors (Lipinski definition) is 0. The van der Waals surface area contributed by atoms with E-state index in [1.807, 2.05) is 0 Å². The monoisotopic (exact) mass is 572 g/mol. The number of hydrogen-bond acceptors (Lipinski definition) is 1. The van der Waals surface area contributed by atoms with Gasteiger partial charge in [0, 0.05) is 17.5 Å². The zero-order valence-electron chi connectivity index (χ0n) is 24.3. The van der Waals surface area contributed by atoms with E-state index >= 15 is 0 Å². The fourth-order valence-corrected chi connectivity index (χ4v) is 11.3. The molecule has 1 unspecified atom stereocenters. The highest BCUT2D eigenvalue weighted by Crippen LogP contribution is 2.61. The number of benzene rings is 4. The van der Waals surface area contributed by atoms with Gasteiger partial charge in [-0.25, -0.2) is 4.98 Å². The summed E-state index contributed by atoms with van der Waals surface area (Å²) in [6, 6.07) is 36.0. The molecule has 0 fully saturated rings. The first kappa shape index (κ1) is 23.7. The van der Waals surface area contributed by atoms with Crippen LogP contribution < -0.4 is 8.73 Å². The molecule has 0 saturated heterocycles. The summed E-state index contributed by atoms with van der Waals surface area (Å²) in [6.45, 7) is 8.02. The molecule has 9 aromatic rings. The van der Waals surface area contributed by atoms with Gasteiger partial charge in [0.25, 0.3) is 0 Å². The van der Waals surface area contributed by atoms with Gasteiger partial charge < -0.3 is 0 Å². The molecule has 4 aromatic carbocycles. The molecule has 1 aliphatic heterocycles. The third-order valence-electron chi connectivity index (χ3n) is 9.96. The van der Waals surface area contributed by atoms with Gasteiger partial charge in [-0.15, -0.1) is 0 Å². The van der Waals surface area contributed by atoms with Crippen molar-refractivity contribution in [2.45, 2.75) is 32.7 Å². The van der Waals surface area contributed by atoms with Gasteiger partial charge >= 0.3 is 0 Å². The van der Waals surface area contributed by atoms with E-state index < -0.39 is 7.69 Å². The number of fused-ring (bicyclic) bond motifs is 9. The van der Waals surface area contributed by atoms with Crippen LogP contribution in [-0.4, -0.2) is 9.38 Å². The summed E-state index contributed by atoms with van der Waals surface area (Å²) in [7, 11) is -0.857. The van der Waals surface area contributed by atoms with Crippen LogP contribution in [0.3, 0.4) is 0 Å². The van der Waals surface area contributed by atoms with E-state index in [9.17, 15) is 0 Å². The van der Waals surface area contributed by atoms with Crippen LogP contribution in [-0.2, 0) is 12.0 Å². The van der Waals surface area contributed by atoms with Gasteiger partial charge in [-0.1, -0.05) is 62.4 Å². The molecule has 0 N–H and O–H groups in total. The maximum absolute atomic E-state index is 5.20. The van der Waals surface area contributed by atoms with Crippen LogP contribution in [0.1, 0.15) is 31.9 Å². The minimum Gasteiger partial charge on any atom is -0.291 e. The highest BCUT2D eigenvalue weighted by Gasteiger charge is 2.43. The van der Waals surface area contributed by atoms with Gasteiger partial charge in [0.05, 0.1) is 48.7 Å². The van der Waals surface area contributed by atoms with E-state index in [0.29, 0.717) is 0 Å². The Balaban J connectivity index is 1.47. The first-order chi connectivity index (χ1) is 21.1. The minimum atomic E-state index is -0.857. The summed E-state index contributed by atoms with van der Waals surface area (Å²) in [4.78, 5) is 5.20. The Hall–Kier alpha value is -4.79. The van der Waals surface area contributed by atoms with Crippen LogP contribution in [0.4, 0.5) is 0 Å². The average Bonchev–Trinajstić information content (AvgIpc) is 3.60. The van der Waals surface area contributed by atoms with Crippen LogP contribution in [0.15, 0.2) is 109 Å². The summed E-state index contributed by atoms with van der Waals surface area (Å²) in [5.41, 5.74) is 11.2. The standard InChI is InChI=1S/C38H29N4P/c1-4-40-22-20-23-11-5-6-12-24(23)33(40)25-13-9-15-27-35(25)43-36-28(38(27,2)3)18-19-31-32(36)34-26(14-10-21-41(34)43)37-39-29-16-7-8-17-30(29)42(31)37/h5-22H,4H2,1-3H3/q+2. The van der Waals surface area contributed by atoms with Crippen LogP contribution in [0, 0.1) is 0 Å².